The summed E-state index contributed by atoms with van der Waals surface area (Å²) in [6.07, 6.45) is 7.75. The zero-order chi connectivity index (χ0) is 19.7. The van der Waals surface area contributed by atoms with Crippen LogP contribution in [-0.2, 0) is 9.53 Å². The van der Waals surface area contributed by atoms with Crippen LogP contribution in [0.4, 0.5) is 5.69 Å². The first-order valence-corrected chi connectivity index (χ1v) is 8.37. The van der Waals surface area contributed by atoms with Crippen molar-refractivity contribution in [2.24, 2.45) is 0 Å². The second-order valence-electron chi connectivity index (χ2n) is 6.06. The summed E-state index contributed by atoms with van der Waals surface area (Å²) < 4.78 is 4.96. The lowest BCUT2D eigenvalue weighted by molar-refractivity contribution is -0.384. The van der Waals surface area contributed by atoms with Crippen LogP contribution in [0.25, 0.3) is 6.08 Å². The largest absolute Gasteiger partial charge is 0.463 e. The lowest BCUT2D eigenvalue weighted by Crippen LogP contribution is -2.05. The number of non-ortho nitro benzene ring substituents is 1. The number of allylic oxidation sites excluding steroid dienone is 6. The zero-order valence-corrected chi connectivity index (χ0v) is 15.9. The topological polar surface area (TPSA) is 69.4 Å². The molecule has 0 aliphatic heterocycles. The number of nitro benzene ring substituents is 1. The van der Waals surface area contributed by atoms with Crippen LogP contribution < -0.4 is 0 Å². The summed E-state index contributed by atoms with van der Waals surface area (Å²) in [5.41, 5.74) is 4.54. The van der Waals surface area contributed by atoms with Crippen molar-refractivity contribution in [2.75, 3.05) is 6.61 Å². The first kappa shape index (κ1) is 21.1. The first-order valence-electron chi connectivity index (χ1n) is 8.37. The summed E-state index contributed by atoms with van der Waals surface area (Å²) in [6, 6.07) is 6.42. The third kappa shape index (κ3) is 7.30. The van der Waals surface area contributed by atoms with Crippen LogP contribution in [0.5, 0.6) is 0 Å². The molecule has 138 valence electrons. The molecule has 0 aromatic heterocycles. The predicted octanol–water partition coefficient (Wildman–Crippen LogP) is 5.40. The van der Waals surface area contributed by atoms with E-state index in [0.29, 0.717) is 12.2 Å². The number of benzene rings is 1. The maximum absolute atomic E-state index is 11.6. The third-order valence-electron chi connectivity index (χ3n) is 3.45. The van der Waals surface area contributed by atoms with Crippen LogP contribution >= 0.6 is 0 Å². The standard InChI is InChI=1S/C21H25NO4/c1-6-26-21(23)18(5)13-16(3)11-15(2)12-17(4)14-19-7-9-20(10-8-19)22(24)25/h7-14H,6H2,1-5H3/b15-12+,16-11+,17-14-,18-13+. The van der Waals surface area contributed by atoms with Gasteiger partial charge < -0.3 is 4.74 Å². The Labute approximate surface area is 154 Å². The molecule has 26 heavy (non-hydrogen) atoms. The Morgan fingerprint density at radius 3 is 2.08 bits per heavy atom. The fourth-order valence-corrected chi connectivity index (χ4v) is 2.44. The van der Waals surface area contributed by atoms with Crippen molar-refractivity contribution in [3.05, 3.63) is 80.5 Å². The van der Waals surface area contributed by atoms with E-state index < -0.39 is 4.92 Å². The van der Waals surface area contributed by atoms with Gasteiger partial charge in [-0.3, -0.25) is 10.1 Å². The molecule has 0 bridgehead atoms. The minimum Gasteiger partial charge on any atom is -0.463 e. The molecule has 0 heterocycles. The van der Waals surface area contributed by atoms with Crippen molar-refractivity contribution in [1.29, 1.82) is 0 Å². The highest BCUT2D eigenvalue weighted by Gasteiger charge is 2.04. The average Bonchev–Trinajstić information content (AvgIpc) is 2.54. The van der Waals surface area contributed by atoms with Crippen molar-refractivity contribution >= 4 is 17.7 Å². The van der Waals surface area contributed by atoms with E-state index in [1.807, 2.05) is 39.0 Å². The van der Waals surface area contributed by atoms with Gasteiger partial charge in [0, 0.05) is 17.7 Å². The molecule has 1 rings (SSSR count). The van der Waals surface area contributed by atoms with Gasteiger partial charge >= 0.3 is 5.97 Å². The Balaban J connectivity index is 2.88. The van der Waals surface area contributed by atoms with E-state index in [9.17, 15) is 14.9 Å². The summed E-state index contributed by atoms with van der Waals surface area (Å²) in [7, 11) is 0. The van der Waals surface area contributed by atoms with Crippen LogP contribution in [0.1, 0.15) is 40.2 Å². The number of carbonyl (C=O) groups is 1. The van der Waals surface area contributed by atoms with E-state index in [1.165, 1.54) is 12.1 Å². The molecule has 5 heteroatoms. The van der Waals surface area contributed by atoms with Gasteiger partial charge in [-0.05, 0) is 58.4 Å². The van der Waals surface area contributed by atoms with E-state index >= 15 is 0 Å². The number of ether oxygens (including phenoxy) is 1. The van der Waals surface area contributed by atoms with Gasteiger partial charge in [0.25, 0.3) is 5.69 Å². The number of nitro groups is 1. The summed E-state index contributed by atoms with van der Waals surface area (Å²) >= 11 is 0. The van der Waals surface area contributed by atoms with Crippen LogP contribution in [0.3, 0.4) is 0 Å². The molecule has 0 radical (unpaired) electrons. The van der Waals surface area contributed by atoms with Crippen LogP contribution in [0.2, 0.25) is 0 Å². The monoisotopic (exact) mass is 355 g/mol. The van der Waals surface area contributed by atoms with E-state index in [0.717, 1.165) is 22.3 Å². The minimum absolute atomic E-state index is 0.0776. The van der Waals surface area contributed by atoms with Gasteiger partial charge in [0.15, 0.2) is 0 Å². The molecule has 0 spiro atoms. The normalized spacial score (nSPS) is 13.6. The molecular formula is C21H25NO4. The van der Waals surface area contributed by atoms with Crippen molar-refractivity contribution in [3.63, 3.8) is 0 Å². The Morgan fingerprint density at radius 1 is 1.00 bits per heavy atom. The minimum atomic E-state index is -0.413. The van der Waals surface area contributed by atoms with Gasteiger partial charge in [-0.1, -0.05) is 34.9 Å². The molecule has 0 amide bonds. The molecule has 5 nitrogen and oxygen atoms in total. The van der Waals surface area contributed by atoms with E-state index in [4.69, 9.17) is 4.74 Å². The number of hydrogen-bond donors (Lipinski definition) is 0. The molecule has 0 aliphatic rings. The summed E-state index contributed by atoms with van der Waals surface area (Å²) in [4.78, 5) is 21.9. The average molecular weight is 355 g/mol. The van der Waals surface area contributed by atoms with Gasteiger partial charge in [-0.15, -0.1) is 0 Å². The summed E-state index contributed by atoms with van der Waals surface area (Å²) in [6.45, 7) is 9.74. The Morgan fingerprint density at radius 2 is 1.54 bits per heavy atom. The second-order valence-corrected chi connectivity index (χ2v) is 6.06. The highest BCUT2D eigenvalue weighted by Crippen LogP contribution is 2.16. The third-order valence-corrected chi connectivity index (χ3v) is 3.45. The van der Waals surface area contributed by atoms with Crippen LogP contribution in [0.15, 0.2) is 64.8 Å². The Bertz CT molecular complexity index is 781. The van der Waals surface area contributed by atoms with Crippen LogP contribution in [0, 0.1) is 10.1 Å². The SMILES string of the molecule is CCOC(=O)/C(C)=C/C(C)=C/C(C)=C/C(C)=C\c1ccc([N+](=O)[O-])cc1. The molecule has 1 aromatic rings. The predicted molar refractivity (Wildman–Crippen MR) is 105 cm³/mol. The van der Waals surface area contributed by atoms with Gasteiger partial charge in [0.2, 0.25) is 0 Å². The van der Waals surface area contributed by atoms with E-state index in [-0.39, 0.29) is 11.7 Å². The van der Waals surface area contributed by atoms with Crippen LogP contribution in [-0.4, -0.2) is 17.5 Å². The smallest absolute Gasteiger partial charge is 0.333 e. The second kappa shape index (κ2) is 10.1. The van der Waals surface area contributed by atoms with E-state index in [2.05, 4.69) is 0 Å². The fraction of sp³-hybridized carbons (Fsp3) is 0.286. The summed E-state index contributed by atoms with van der Waals surface area (Å²) in [5, 5.41) is 10.7. The van der Waals surface area contributed by atoms with Crippen molar-refractivity contribution in [2.45, 2.75) is 34.6 Å². The molecule has 0 atom stereocenters. The maximum atomic E-state index is 11.6. The fourth-order valence-electron chi connectivity index (χ4n) is 2.44. The number of rotatable bonds is 7. The molecule has 0 aliphatic carbocycles. The lowest BCUT2D eigenvalue weighted by Gasteiger charge is -2.02. The highest BCUT2D eigenvalue weighted by atomic mass is 16.6. The highest BCUT2D eigenvalue weighted by molar-refractivity contribution is 5.88. The van der Waals surface area contributed by atoms with Gasteiger partial charge in [0.1, 0.15) is 0 Å². The molecule has 0 N–H and O–H groups in total. The molecule has 0 unspecified atom stereocenters. The number of nitrogens with zero attached hydrogens (tertiary/aromatic N) is 1. The zero-order valence-electron chi connectivity index (χ0n) is 15.9. The molecule has 0 saturated carbocycles. The number of carbonyl (C=O) groups excluding carboxylic acids is 1. The van der Waals surface area contributed by atoms with Crippen molar-refractivity contribution in [3.8, 4) is 0 Å². The van der Waals surface area contributed by atoms with Crippen molar-refractivity contribution in [1.82, 2.24) is 0 Å². The van der Waals surface area contributed by atoms with E-state index in [1.54, 1.807) is 32.1 Å². The molecular weight excluding hydrogens is 330 g/mol. The van der Waals surface area contributed by atoms with Gasteiger partial charge in [-0.25, -0.2) is 4.79 Å². The van der Waals surface area contributed by atoms with Gasteiger partial charge in [0.05, 0.1) is 11.5 Å². The van der Waals surface area contributed by atoms with Gasteiger partial charge in [-0.2, -0.15) is 0 Å². The number of esters is 1. The molecule has 1 aromatic carbocycles. The lowest BCUT2D eigenvalue weighted by atomic mass is 10.1. The Kier molecular flexibility index (Phi) is 8.22. The first-order chi connectivity index (χ1) is 12.2. The maximum Gasteiger partial charge on any atom is 0.333 e. The molecule has 0 fully saturated rings. The quantitative estimate of drug-likeness (QED) is 0.216. The number of hydrogen-bond acceptors (Lipinski definition) is 4. The summed E-state index contributed by atoms with van der Waals surface area (Å²) in [5.74, 6) is -0.309. The molecule has 0 saturated heterocycles. The van der Waals surface area contributed by atoms with Crippen molar-refractivity contribution < 1.29 is 14.5 Å². The Hall–Kier alpha value is -2.95.